The molecule has 128 valence electrons. The van der Waals surface area contributed by atoms with Gasteiger partial charge in [-0.1, -0.05) is 30.3 Å². The van der Waals surface area contributed by atoms with Gasteiger partial charge in [-0.05, 0) is 46.2 Å². The van der Waals surface area contributed by atoms with Crippen molar-refractivity contribution in [3.8, 4) is 0 Å². The zero-order valence-corrected chi connectivity index (χ0v) is 14.4. The third-order valence-electron chi connectivity index (χ3n) is 3.01. The third kappa shape index (κ3) is 8.98. The smallest absolute Gasteiger partial charge is 0.323 e. The predicted octanol–water partition coefficient (Wildman–Crippen LogP) is 2.83. The molecule has 1 atom stereocenters. The van der Waals surface area contributed by atoms with E-state index in [0.717, 1.165) is 5.56 Å². The molecule has 5 nitrogen and oxygen atoms in total. The van der Waals surface area contributed by atoms with Crippen LogP contribution in [-0.4, -0.2) is 30.1 Å². The van der Waals surface area contributed by atoms with Crippen LogP contribution in [0.25, 0.3) is 0 Å². The molecule has 0 radical (unpaired) electrons. The second-order valence-electron chi connectivity index (χ2n) is 6.46. The van der Waals surface area contributed by atoms with Gasteiger partial charge in [0.15, 0.2) is 0 Å². The van der Waals surface area contributed by atoms with Crippen LogP contribution in [0, 0.1) is 0 Å². The van der Waals surface area contributed by atoms with E-state index in [1.54, 1.807) is 6.92 Å². The topological polar surface area (TPSA) is 64.6 Å². The molecule has 0 aliphatic rings. The summed E-state index contributed by atoms with van der Waals surface area (Å²) in [4.78, 5) is 23.4. The van der Waals surface area contributed by atoms with Gasteiger partial charge in [-0.25, -0.2) is 0 Å². The van der Waals surface area contributed by atoms with Gasteiger partial charge in [0.25, 0.3) is 0 Å². The molecule has 0 spiro atoms. The van der Waals surface area contributed by atoms with Crippen LogP contribution in [0.15, 0.2) is 30.3 Å². The van der Waals surface area contributed by atoms with Crippen molar-refractivity contribution >= 4 is 11.9 Å². The molecular weight excluding hydrogens is 294 g/mol. The Bertz CT molecular complexity index is 493. The molecule has 1 N–H and O–H groups in total. The van der Waals surface area contributed by atoms with Crippen LogP contribution in [0.2, 0.25) is 0 Å². The Balaban J connectivity index is 2.14. The van der Waals surface area contributed by atoms with Gasteiger partial charge in [-0.2, -0.15) is 0 Å². The Labute approximate surface area is 138 Å². The molecule has 0 heterocycles. The monoisotopic (exact) mass is 321 g/mol. The molecule has 0 saturated heterocycles. The van der Waals surface area contributed by atoms with E-state index in [0.29, 0.717) is 26.0 Å². The molecule has 0 bridgehead atoms. The number of ether oxygens (including phenoxy) is 2. The maximum atomic E-state index is 11.8. The molecule has 1 aromatic carbocycles. The average molecular weight is 321 g/mol. The highest BCUT2D eigenvalue weighted by atomic mass is 16.6. The van der Waals surface area contributed by atoms with Gasteiger partial charge in [-0.15, -0.1) is 0 Å². The third-order valence-corrected chi connectivity index (χ3v) is 3.01. The van der Waals surface area contributed by atoms with Crippen molar-refractivity contribution < 1.29 is 19.1 Å². The molecule has 0 aliphatic carbocycles. The molecule has 0 aromatic heterocycles. The molecular formula is C18H27NO4. The molecule has 0 aliphatic heterocycles. The van der Waals surface area contributed by atoms with Crippen LogP contribution in [0.5, 0.6) is 0 Å². The quantitative estimate of drug-likeness (QED) is 0.589. The van der Waals surface area contributed by atoms with Crippen LogP contribution < -0.4 is 5.32 Å². The van der Waals surface area contributed by atoms with E-state index in [1.807, 2.05) is 51.1 Å². The second kappa shape index (κ2) is 9.30. The molecule has 0 amide bonds. The van der Waals surface area contributed by atoms with E-state index < -0.39 is 11.6 Å². The number of carbonyl (C=O) groups excluding carboxylic acids is 2. The number of hydrogen-bond acceptors (Lipinski definition) is 5. The lowest BCUT2D eigenvalue weighted by Gasteiger charge is -2.22. The van der Waals surface area contributed by atoms with Gasteiger partial charge in [0.1, 0.15) is 18.2 Å². The van der Waals surface area contributed by atoms with Crippen LogP contribution in [0.4, 0.5) is 0 Å². The number of nitrogens with one attached hydrogen (secondary N) is 1. The SMILES string of the molecule is CC(NCCCC(=O)OCc1ccccc1)C(=O)OC(C)(C)C. The zero-order valence-electron chi connectivity index (χ0n) is 14.4. The van der Waals surface area contributed by atoms with Gasteiger partial charge in [0.05, 0.1) is 0 Å². The molecule has 1 aromatic rings. The first kappa shape index (κ1) is 19.2. The van der Waals surface area contributed by atoms with Crippen LogP contribution in [0.1, 0.15) is 46.1 Å². The average Bonchev–Trinajstić information content (AvgIpc) is 2.48. The molecule has 0 saturated carbocycles. The fraction of sp³-hybridized carbons (Fsp3) is 0.556. The van der Waals surface area contributed by atoms with Gasteiger partial charge in [0, 0.05) is 6.42 Å². The Morgan fingerprint density at radius 1 is 1.17 bits per heavy atom. The Kier molecular flexibility index (Phi) is 7.75. The molecule has 1 rings (SSSR count). The lowest BCUT2D eigenvalue weighted by atomic mass is 10.2. The van der Waals surface area contributed by atoms with Crippen molar-refractivity contribution in [2.45, 2.75) is 58.8 Å². The molecule has 1 unspecified atom stereocenters. The van der Waals surface area contributed by atoms with Crippen molar-refractivity contribution in [3.05, 3.63) is 35.9 Å². The van der Waals surface area contributed by atoms with Crippen molar-refractivity contribution in [1.29, 1.82) is 0 Å². The van der Waals surface area contributed by atoms with Gasteiger partial charge < -0.3 is 14.8 Å². The minimum Gasteiger partial charge on any atom is -0.461 e. The van der Waals surface area contributed by atoms with E-state index in [2.05, 4.69) is 5.32 Å². The van der Waals surface area contributed by atoms with Crippen LogP contribution >= 0.6 is 0 Å². The zero-order chi connectivity index (χ0) is 17.3. The van der Waals surface area contributed by atoms with Gasteiger partial charge in [-0.3, -0.25) is 9.59 Å². The molecule has 5 heteroatoms. The largest absolute Gasteiger partial charge is 0.461 e. The number of benzene rings is 1. The van der Waals surface area contributed by atoms with Gasteiger partial charge >= 0.3 is 11.9 Å². The summed E-state index contributed by atoms with van der Waals surface area (Å²) in [6.07, 6.45) is 0.932. The Morgan fingerprint density at radius 3 is 2.43 bits per heavy atom. The first-order valence-corrected chi connectivity index (χ1v) is 7.94. The highest BCUT2D eigenvalue weighted by molar-refractivity contribution is 5.75. The highest BCUT2D eigenvalue weighted by Crippen LogP contribution is 2.08. The van der Waals surface area contributed by atoms with E-state index in [9.17, 15) is 9.59 Å². The first-order valence-electron chi connectivity index (χ1n) is 7.94. The Hall–Kier alpha value is -1.88. The standard InChI is InChI=1S/C18H27NO4/c1-14(17(21)23-18(2,3)4)19-12-8-11-16(20)22-13-15-9-6-5-7-10-15/h5-7,9-10,14,19H,8,11-13H2,1-4H3. The van der Waals surface area contributed by atoms with Crippen molar-refractivity contribution in [2.75, 3.05) is 6.54 Å². The fourth-order valence-corrected chi connectivity index (χ4v) is 1.84. The predicted molar refractivity (Wildman–Crippen MR) is 88.8 cm³/mol. The summed E-state index contributed by atoms with van der Waals surface area (Å²) < 4.78 is 10.5. The molecule has 0 fully saturated rings. The minimum atomic E-state index is -0.492. The summed E-state index contributed by atoms with van der Waals surface area (Å²) >= 11 is 0. The van der Waals surface area contributed by atoms with E-state index in [1.165, 1.54) is 0 Å². The summed E-state index contributed by atoms with van der Waals surface area (Å²) in [6, 6.07) is 9.17. The second-order valence-corrected chi connectivity index (χ2v) is 6.46. The van der Waals surface area contributed by atoms with Crippen LogP contribution in [0.3, 0.4) is 0 Å². The lowest BCUT2D eigenvalue weighted by Crippen LogP contribution is -2.39. The van der Waals surface area contributed by atoms with Crippen LogP contribution in [-0.2, 0) is 25.7 Å². The summed E-state index contributed by atoms with van der Waals surface area (Å²) in [7, 11) is 0. The lowest BCUT2D eigenvalue weighted by molar-refractivity contribution is -0.156. The normalized spacial score (nSPS) is 12.5. The maximum absolute atomic E-state index is 11.8. The fourth-order valence-electron chi connectivity index (χ4n) is 1.84. The first-order chi connectivity index (χ1) is 10.8. The highest BCUT2D eigenvalue weighted by Gasteiger charge is 2.21. The van der Waals surface area contributed by atoms with Crippen molar-refractivity contribution in [2.24, 2.45) is 0 Å². The van der Waals surface area contributed by atoms with E-state index >= 15 is 0 Å². The summed E-state index contributed by atoms with van der Waals surface area (Å²) in [6.45, 7) is 8.10. The number of hydrogen-bond donors (Lipinski definition) is 1. The van der Waals surface area contributed by atoms with E-state index in [-0.39, 0.29) is 11.9 Å². The summed E-state index contributed by atoms with van der Waals surface area (Å²) in [5, 5.41) is 3.05. The summed E-state index contributed by atoms with van der Waals surface area (Å²) in [5.41, 5.74) is 0.478. The van der Waals surface area contributed by atoms with Gasteiger partial charge in [0.2, 0.25) is 0 Å². The Morgan fingerprint density at radius 2 is 1.83 bits per heavy atom. The van der Waals surface area contributed by atoms with Crippen molar-refractivity contribution in [3.63, 3.8) is 0 Å². The number of carbonyl (C=O) groups is 2. The van der Waals surface area contributed by atoms with Crippen molar-refractivity contribution in [1.82, 2.24) is 5.32 Å². The minimum absolute atomic E-state index is 0.236. The number of rotatable bonds is 8. The number of esters is 2. The summed E-state index contributed by atoms with van der Waals surface area (Å²) in [5.74, 6) is -0.523. The van der Waals surface area contributed by atoms with E-state index in [4.69, 9.17) is 9.47 Å². The molecule has 23 heavy (non-hydrogen) atoms. The maximum Gasteiger partial charge on any atom is 0.323 e.